The molecule has 114 valence electrons. The molecule has 0 fully saturated rings. The van der Waals surface area contributed by atoms with Gasteiger partial charge in [0, 0.05) is 6.42 Å². The Morgan fingerprint density at radius 1 is 1.20 bits per heavy atom. The summed E-state index contributed by atoms with van der Waals surface area (Å²) in [5.41, 5.74) is 0.956. The highest BCUT2D eigenvalue weighted by molar-refractivity contribution is 5.83. The molecule has 0 aromatic carbocycles. The number of rotatable bonds is 11. The molecule has 0 heterocycles. The molecule has 0 rings (SSSR count). The van der Waals surface area contributed by atoms with Gasteiger partial charge >= 0.3 is 5.97 Å². The molecule has 2 N–H and O–H groups in total. The third kappa shape index (κ3) is 9.36. The van der Waals surface area contributed by atoms with Crippen molar-refractivity contribution in [1.29, 1.82) is 0 Å². The van der Waals surface area contributed by atoms with Crippen molar-refractivity contribution in [1.82, 2.24) is 5.32 Å². The standard InChI is InChI=1S/C16H27NO3/c1-5-13(4)8-6-7-9-14(16(19)20)17-15(18)11-10-12(2)3/h5,12,14H,1,4,6-11H2,2-3H3,(H,17,18)(H,19,20). The number of carbonyl (C=O) groups is 2. The zero-order valence-electron chi connectivity index (χ0n) is 12.7. The van der Waals surface area contributed by atoms with E-state index >= 15 is 0 Å². The van der Waals surface area contributed by atoms with Gasteiger partial charge in [-0.3, -0.25) is 4.79 Å². The first-order chi connectivity index (χ1) is 9.36. The van der Waals surface area contributed by atoms with Crippen LogP contribution in [0.15, 0.2) is 24.8 Å². The van der Waals surface area contributed by atoms with Crippen LogP contribution in [0.3, 0.4) is 0 Å². The molecule has 0 radical (unpaired) electrons. The van der Waals surface area contributed by atoms with Crippen LogP contribution in [0.4, 0.5) is 0 Å². The summed E-state index contributed by atoms with van der Waals surface area (Å²) < 4.78 is 0. The number of allylic oxidation sites excluding steroid dienone is 2. The molecule has 1 atom stereocenters. The minimum absolute atomic E-state index is 0.179. The second-order valence-electron chi connectivity index (χ2n) is 5.50. The Balaban J connectivity index is 4.04. The van der Waals surface area contributed by atoms with Crippen LogP contribution in [0.5, 0.6) is 0 Å². The van der Waals surface area contributed by atoms with Crippen molar-refractivity contribution in [2.24, 2.45) is 5.92 Å². The maximum absolute atomic E-state index is 11.6. The third-order valence-corrected chi connectivity index (χ3v) is 3.11. The van der Waals surface area contributed by atoms with E-state index in [0.717, 1.165) is 31.3 Å². The number of carboxylic acids is 1. The lowest BCUT2D eigenvalue weighted by Gasteiger charge is -2.15. The monoisotopic (exact) mass is 281 g/mol. The van der Waals surface area contributed by atoms with Crippen molar-refractivity contribution in [2.45, 2.75) is 58.4 Å². The van der Waals surface area contributed by atoms with Crippen LogP contribution in [0.1, 0.15) is 52.4 Å². The van der Waals surface area contributed by atoms with Gasteiger partial charge in [0.15, 0.2) is 0 Å². The van der Waals surface area contributed by atoms with Crippen molar-refractivity contribution in [2.75, 3.05) is 0 Å². The molecule has 0 aromatic heterocycles. The van der Waals surface area contributed by atoms with Crippen molar-refractivity contribution in [3.8, 4) is 0 Å². The van der Waals surface area contributed by atoms with E-state index in [0.29, 0.717) is 18.8 Å². The maximum atomic E-state index is 11.6. The van der Waals surface area contributed by atoms with Crippen LogP contribution in [0.25, 0.3) is 0 Å². The number of hydrogen-bond acceptors (Lipinski definition) is 2. The minimum atomic E-state index is -0.967. The molecule has 0 aliphatic heterocycles. The largest absolute Gasteiger partial charge is 0.480 e. The molecule has 1 amide bonds. The molecule has 0 aliphatic rings. The zero-order valence-corrected chi connectivity index (χ0v) is 12.7. The van der Waals surface area contributed by atoms with Crippen molar-refractivity contribution < 1.29 is 14.7 Å². The van der Waals surface area contributed by atoms with E-state index in [1.54, 1.807) is 6.08 Å². The summed E-state index contributed by atoms with van der Waals surface area (Å²) in [6.07, 6.45) is 5.74. The number of aliphatic carboxylic acids is 1. The SMILES string of the molecule is C=CC(=C)CCCCC(NC(=O)CCC(C)C)C(=O)O. The van der Waals surface area contributed by atoms with Gasteiger partial charge in [-0.1, -0.05) is 45.1 Å². The Bertz CT molecular complexity index is 348. The number of amides is 1. The number of carboxylic acid groups (broad SMARTS) is 1. The van der Waals surface area contributed by atoms with E-state index in [2.05, 4.69) is 18.5 Å². The van der Waals surface area contributed by atoms with Crippen LogP contribution in [-0.2, 0) is 9.59 Å². The Hall–Kier alpha value is -1.58. The molecule has 0 aromatic rings. The Kier molecular flexibility index (Phi) is 9.43. The summed E-state index contributed by atoms with van der Waals surface area (Å²) in [6, 6.07) is -0.786. The predicted octanol–water partition coefficient (Wildman–Crippen LogP) is 3.29. The highest BCUT2D eigenvalue weighted by Gasteiger charge is 2.19. The summed E-state index contributed by atoms with van der Waals surface area (Å²) in [5, 5.41) is 11.7. The molecule has 4 nitrogen and oxygen atoms in total. The number of unbranched alkanes of at least 4 members (excludes halogenated alkanes) is 1. The van der Waals surface area contributed by atoms with Gasteiger partial charge in [-0.15, -0.1) is 0 Å². The van der Waals surface area contributed by atoms with Gasteiger partial charge in [0.25, 0.3) is 0 Å². The average molecular weight is 281 g/mol. The second-order valence-corrected chi connectivity index (χ2v) is 5.50. The lowest BCUT2D eigenvalue weighted by molar-refractivity contribution is -0.142. The highest BCUT2D eigenvalue weighted by Crippen LogP contribution is 2.10. The van der Waals surface area contributed by atoms with E-state index in [-0.39, 0.29) is 5.91 Å². The van der Waals surface area contributed by atoms with Gasteiger partial charge < -0.3 is 10.4 Å². The summed E-state index contributed by atoms with van der Waals surface area (Å²) in [7, 11) is 0. The topological polar surface area (TPSA) is 66.4 Å². The summed E-state index contributed by atoms with van der Waals surface area (Å²) >= 11 is 0. The van der Waals surface area contributed by atoms with Gasteiger partial charge in [-0.2, -0.15) is 0 Å². The molecule has 20 heavy (non-hydrogen) atoms. The van der Waals surface area contributed by atoms with E-state index in [1.165, 1.54) is 0 Å². The summed E-state index contributed by atoms with van der Waals surface area (Å²) in [4.78, 5) is 22.8. The Labute approximate surface area is 122 Å². The fourth-order valence-electron chi connectivity index (χ4n) is 1.75. The lowest BCUT2D eigenvalue weighted by atomic mass is 10.0. The number of nitrogens with one attached hydrogen (secondary N) is 1. The van der Waals surface area contributed by atoms with Crippen LogP contribution in [0, 0.1) is 5.92 Å². The number of carbonyl (C=O) groups excluding carboxylic acids is 1. The zero-order chi connectivity index (χ0) is 15.5. The van der Waals surface area contributed by atoms with E-state index < -0.39 is 12.0 Å². The molecular formula is C16H27NO3. The summed E-state index contributed by atoms with van der Waals surface area (Å²) in [6.45, 7) is 11.5. The third-order valence-electron chi connectivity index (χ3n) is 3.11. The smallest absolute Gasteiger partial charge is 0.326 e. The molecule has 1 unspecified atom stereocenters. The quantitative estimate of drug-likeness (QED) is 0.451. The number of hydrogen-bond donors (Lipinski definition) is 2. The first-order valence-corrected chi connectivity index (χ1v) is 7.19. The molecule has 4 heteroatoms. The van der Waals surface area contributed by atoms with Gasteiger partial charge in [0.1, 0.15) is 6.04 Å². The molecule has 0 spiro atoms. The van der Waals surface area contributed by atoms with Crippen LogP contribution < -0.4 is 5.32 Å². The average Bonchev–Trinajstić information content (AvgIpc) is 2.39. The Morgan fingerprint density at radius 2 is 1.85 bits per heavy atom. The summed E-state index contributed by atoms with van der Waals surface area (Å²) in [5.74, 6) is -0.707. The fourth-order valence-corrected chi connectivity index (χ4v) is 1.75. The van der Waals surface area contributed by atoms with Gasteiger partial charge in [0.05, 0.1) is 0 Å². The first-order valence-electron chi connectivity index (χ1n) is 7.19. The van der Waals surface area contributed by atoms with E-state index in [4.69, 9.17) is 5.11 Å². The van der Waals surface area contributed by atoms with Crippen molar-refractivity contribution in [3.05, 3.63) is 24.8 Å². The van der Waals surface area contributed by atoms with Crippen LogP contribution >= 0.6 is 0 Å². The van der Waals surface area contributed by atoms with E-state index in [9.17, 15) is 9.59 Å². The molecule has 0 bridgehead atoms. The highest BCUT2D eigenvalue weighted by atomic mass is 16.4. The molecule has 0 saturated heterocycles. The van der Waals surface area contributed by atoms with Crippen molar-refractivity contribution in [3.63, 3.8) is 0 Å². The fraction of sp³-hybridized carbons (Fsp3) is 0.625. The van der Waals surface area contributed by atoms with Gasteiger partial charge in [-0.05, 0) is 31.6 Å². The van der Waals surface area contributed by atoms with Crippen LogP contribution in [0.2, 0.25) is 0 Å². The van der Waals surface area contributed by atoms with Crippen molar-refractivity contribution >= 4 is 11.9 Å². The first kappa shape index (κ1) is 18.4. The molecule has 0 aliphatic carbocycles. The van der Waals surface area contributed by atoms with E-state index in [1.807, 2.05) is 13.8 Å². The lowest BCUT2D eigenvalue weighted by Crippen LogP contribution is -2.40. The van der Waals surface area contributed by atoms with Gasteiger partial charge in [0.2, 0.25) is 5.91 Å². The normalized spacial score (nSPS) is 11.9. The molecule has 0 saturated carbocycles. The van der Waals surface area contributed by atoms with Crippen LogP contribution in [-0.4, -0.2) is 23.0 Å². The second kappa shape index (κ2) is 10.2. The minimum Gasteiger partial charge on any atom is -0.480 e. The Morgan fingerprint density at radius 3 is 2.35 bits per heavy atom. The predicted molar refractivity (Wildman–Crippen MR) is 81.4 cm³/mol. The maximum Gasteiger partial charge on any atom is 0.326 e. The van der Waals surface area contributed by atoms with Gasteiger partial charge in [-0.25, -0.2) is 4.79 Å². The molecular weight excluding hydrogens is 254 g/mol.